The van der Waals surface area contributed by atoms with Crippen molar-refractivity contribution in [2.45, 2.75) is 33.2 Å². The molecule has 0 bridgehead atoms. The Labute approximate surface area is 89.5 Å². The molecule has 1 nitrogen and oxygen atoms in total. The second kappa shape index (κ2) is 5.21. The molecule has 1 N–H and O–H groups in total. The summed E-state index contributed by atoms with van der Waals surface area (Å²) in [7, 11) is 0. The minimum atomic E-state index is -2.29. The molecule has 0 saturated carbocycles. The van der Waals surface area contributed by atoms with Crippen LogP contribution in [0.1, 0.15) is 29.7 Å². The molecule has 1 aromatic carbocycles. The largest absolute Gasteiger partial charge is 0.305 e. The predicted molar refractivity (Wildman–Crippen MR) is 58.3 cm³/mol. The molecular formula is C12H17F2N. The number of aryl methyl sites for hydroxylation is 2. The van der Waals surface area contributed by atoms with Crippen LogP contribution in [0.5, 0.6) is 0 Å². The zero-order valence-corrected chi connectivity index (χ0v) is 9.35. The number of alkyl halides is 2. The first-order chi connectivity index (χ1) is 7.00. The van der Waals surface area contributed by atoms with E-state index in [2.05, 4.69) is 11.4 Å². The lowest BCUT2D eigenvalue weighted by atomic mass is 10.0. The summed E-state index contributed by atoms with van der Waals surface area (Å²) < 4.78 is 24.0. The molecule has 0 aliphatic heterocycles. The standard InChI is InChI=1S/C12H17F2N/c1-8-4-5-11(9(2)6-8)10(3)15-7-12(13)14/h4-6,10,12,15H,7H2,1-3H3. The molecule has 1 rings (SSSR count). The summed E-state index contributed by atoms with van der Waals surface area (Å²) in [5, 5.41) is 2.81. The fraction of sp³-hybridized carbons (Fsp3) is 0.500. The quantitative estimate of drug-likeness (QED) is 0.809. The Balaban J connectivity index is 2.69. The van der Waals surface area contributed by atoms with Crippen LogP contribution in [0, 0.1) is 13.8 Å². The fourth-order valence-electron chi connectivity index (χ4n) is 1.69. The van der Waals surface area contributed by atoms with Gasteiger partial charge in [-0.1, -0.05) is 23.8 Å². The third-order valence-corrected chi connectivity index (χ3v) is 2.47. The molecule has 0 heterocycles. The number of rotatable bonds is 4. The van der Waals surface area contributed by atoms with E-state index in [0.717, 1.165) is 11.1 Å². The Morgan fingerprint density at radius 1 is 1.27 bits per heavy atom. The van der Waals surface area contributed by atoms with Gasteiger partial charge in [-0.2, -0.15) is 0 Å². The van der Waals surface area contributed by atoms with Crippen LogP contribution in [0.4, 0.5) is 8.78 Å². The van der Waals surface area contributed by atoms with Gasteiger partial charge >= 0.3 is 0 Å². The summed E-state index contributed by atoms with van der Waals surface area (Å²) in [5.41, 5.74) is 3.42. The lowest BCUT2D eigenvalue weighted by Gasteiger charge is -2.16. The minimum absolute atomic E-state index is 0.0281. The van der Waals surface area contributed by atoms with E-state index >= 15 is 0 Å². The molecule has 1 unspecified atom stereocenters. The second-order valence-electron chi connectivity index (χ2n) is 3.88. The highest BCUT2D eigenvalue weighted by atomic mass is 19.3. The summed E-state index contributed by atoms with van der Waals surface area (Å²) in [6.07, 6.45) is -2.29. The minimum Gasteiger partial charge on any atom is -0.305 e. The smallest absolute Gasteiger partial charge is 0.250 e. The van der Waals surface area contributed by atoms with Crippen molar-refractivity contribution in [1.29, 1.82) is 0 Å². The van der Waals surface area contributed by atoms with Crippen LogP contribution in [0.2, 0.25) is 0 Å². The Kier molecular flexibility index (Phi) is 4.21. The molecule has 0 radical (unpaired) electrons. The number of halogens is 2. The van der Waals surface area contributed by atoms with Crippen LogP contribution in [0.15, 0.2) is 18.2 Å². The van der Waals surface area contributed by atoms with Crippen LogP contribution in [-0.2, 0) is 0 Å². The maximum atomic E-state index is 12.0. The van der Waals surface area contributed by atoms with Gasteiger partial charge in [-0.05, 0) is 31.9 Å². The van der Waals surface area contributed by atoms with Gasteiger partial charge in [0.2, 0.25) is 0 Å². The Hall–Kier alpha value is -0.960. The highest BCUT2D eigenvalue weighted by Gasteiger charge is 2.10. The molecule has 3 heteroatoms. The molecular weight excluding hydrogens is 196 g/mol. The highest BCUT2D eigenvalue weighted by molar-refractivity contribution is 5.32. The first-order valence-electron chi connectivity index (χ1n) is 5.09. The maximum Gasteiger partial charge on any atom is 0.250 e. The second-order valence-corrected chi connectivity index (χ2v) is 3.88. The van der Waals surface area contributed by atoms with Crippen molar-refractivity contribution in [3.05, 3.63) is 34.9 Å². The molecule has 0 saturated heterocycles. The van der Waals surface area contributed by atoms with Gasteiger partial charge in [0, 0.05) is 6.04 Å². The van der Waals surface area contributed by atoms with Crippen molar-refractivity contribution < 1.29 is 8.78 Å². The van der Waals surface area contributed by atoms with Crippen molar-refractivity contribution in [2.24, 2.45) is 0 Å². The molecule has 1 atom stereocenters. The van der Waals surface area contributed by atoms with Gasteiger partial charge in [-0.15, -0.1) is 0 Å². The van der Waals surface area contributed by atoms with Crippen molar-refractivity contribution in [2.75, 3.05) is 6.54 Å². The Morgan fingerprint density at radius 2 is 1.93 bits per heavy atom. The molecule has 84 valence electrons. The van der Waals surface area contributed by atoms with Gasteiger partial charge < -0.3 is 5.32 Å². The summed E-state index contributed by atoms with van der Waals surface area (Å²) in [5.74, 6) is 0. The first-order valence-corrected chi connectivity index (χ1v) is 5.09. The molecule has 0 amide bonds. The van der Waals surface area contributed by atoms with E-state index in [1.54, 1.807) is 0 Å². The van der Waals surface area contributed by atoms with E-state index < -0.39 is 6.43 Å². The highest BCUT2D eigenvalue weighted by Crippen LogP contribution is 2.18. The Bertz CT molecular complexity index is 323. The molecule has 0 fully saturated rings. The zero-order chi connectivity index (χ0) is 11.4. The van der Waals surface area contributed by atoms with E-state index in [1.807, 2.05) is 32.9 Å². The van der Waals surface area contributed by atoms with E-state index in [-0.39, 0.29) is 12.6 Å². The molecule has 0 aliphatic carbocycles. The zero-order valence-electron chi connectivity index (χ0n) is 9.35. The van der Waals surface area contributed by atoms with E-state index in [1.165, 1.54) is 5.56 Å². The van der Waals surface area contributed by atoms with Crippen molar-refractivity contribution >= 4 is 0 Å². The van der Waals surface area contributed by atoms with Gasteiger partial charge in [0.25, 0.3) is 6.43 Å². The summed E-state index contributed by atoms with van der Waals surface area (Å²) >= 11 is 0. The summed E-state index contributed by atoms with van der Waals surface area (Å²) in [4.78, 5) is 0. The Morgan fingerprint density at radius 3 is 2.47 bits per heavy atom. The molecule has 0 aliphatic rings. The van der Waals surface area contributed by atoms with E-state index in [9.17, 15) is 8.78 Å². The fourth-order valence-corrected chi connectivity index (χ4v) is 1.69. The van der Waals surface area contributed by atoms with Crippen molar-refractivity contribution in [3.8, 4) is 0 Å². The van der Waals surface area contributed by atoms with Crippen LogP contribution in [-0.4, -0.2) is 13.0 Å². The van der Waals surface area contributed by atoms with E-state index in [0.29, 0.717) is 0 Å². The van der Waals surface area contributed by atoms with Crippen molar-refractivity contribution in [1.82, 2.24) is 5.32 Å². The topological polar surface area (TPSA) is 12.0 Å². The van der Waals surface area contributed by atoms with Crippen LogP contribution in [0.3, 0.4) is 0 Å². The van der Waals surface area contributed by atoms with E-state index in [4.69, 9.17) is 0 Å². The van der Waals surface area contributed by atoms with Gasteiger partial charge in [0.05, 0.1) is 6.54 Å². The predicted octanol–water partition coefficient (Wildman–Crippen LogP) is 3.22. The van der Waals surface area contributed by atoms with Gasteiger partial charge in [-0.25, -0.2) is 8.78 Å². The lowest BCUT2D eigenvalue weighted by molar-refractivity contribution is 0.142. The lowest BCUT2D eigenvalue weighted by Crippen LogP contribution is -2.25. The molecule has 1 aromatic rings. The third kappa shape index (κ3) is 3.59. The van der Waals surface area contributed by atoms with Crippen LogP contribution >= 0.6 is 0 Å². The van der Waals surface area contributed by atoms with Crippen molar-refractivity contribution in [3.63, 3.8) is 0 Å². The molecule has 0 spiro atoms. The summed E-state index contributed by atoms with van der Waals surface area (Å²) in [6.45, 7) is 5.67. The van der Waals surface area contributed by atoms with Gasteiger partial charge in [-0.3, -0.25) is 0 Å². The number of hydrogen-bond donors (Lipinski definition) is 1. The van der Waals surface area contributed by atoms with Gasteiger partial charge in [0.15, 0.2) is 0 Å². The first kappa shape index (κ1) is 12.1. The van der Waals surface area contributed by atoms with Gasteiger partial charge in [0.1, 0.15) is 0 Å². The third-order valence-electron chi connectivity index (χ3n) is 2.47. The maximum absolute atomic E-state index is 12.0. The number of benzene rings is 1. The number of nitrogens with one attached hydrogen (secondary N) is 1. The summed E-state index contributed by atoms with van der Waals surface area (Å²) in [6, 6.07) is 6.03. The SMILES string of the molecule is Cc1ccc(C(C)NCC(F)F)c(C)c1. The monoisotopic (exact) mass is 213 g/mol. The average molecular weight is 213 g/mol. The van der Waals surface area contributed by atoms with Crippen LogP contribution in [0.25, 0.3) is 0 Å². The number of hydrogen-bond acceptors (Lipinski definition) is 1. The molecule has 0 aromatic heterocycles. The normalized spacial score (nSPS) is 13.2. The molecule has 15 heavy (non-hydrogen) atoms. The van der Waals surface area contributed by atoms with Crippen LogP contribution < -0.4 is 5.32 Å². The average Bonchev–Trinajstić information content (AvgIpc) is 2.14.